The summed E-state index contributed by atoms with van der Waals surface area (Å²) in [6, 6.07) is 11.9. The molecule has 0 radical (unpaired) electrons. The first kappa shape index (κ1) is 29.2. The molecule has 0 spiro atoms. The van der Waals surface area contributed by atoms with E-state index in [9.17, 15) is 28.5 Å². The number of carbonyl (C=O) groups is 2. The maximum Gasteiger partial charge on any atom is 0.411 e. The molecule has 2 fully saturated rings. The van der Waals surface area contributed by atoms with Crippen molar-refractivity contribution in [3.05, 3.63) is 53.3 Å². The molecule has 4 atom stereocenters. The van der Waals surface area contributed by atoms with Crippen LogP contribution >= 0.6 is 0 Å². The molecule has 2 bridgehead atoms. The van der Waals surface area contributed by atoms with Gasteiger partial charge in [0.15, 0.2) is 15.6 Å². The Balaban J connectivity index is 1.50. The van der Waals surface area contributed by atoms with E-state index in [2.05, 4.69) is 6.07 Å². The van der Waals surface area contributed by atoms with Crippen LogP contribution in [0.25, 0.3) is 11.1 Å². The maximum atomic E-state index is 15.2. The zero-order valence-corrected chi connectivity index (χ0v) is 23.8. The summed E-state index contributed by atoms with van der Waals surface area (Å²) in [5.41, 5.74) is 0.392. The second kappa shape index (κ2) is 11.0. The highest BCUT2D eigenvalue weighted by Gasteiger charge is 2.52. The molecule has 10 heteroatoms. The fraction of sp³-hybridized carbons (Fsp3) is 0.467. The van der Waals surface area contributed by atoms with Gasteiger partial charge < -0.3 is 4.74 Å². The molecular formula is C30H32FN3O5S. The molecular weight excluding hydrogens is 533 g/mol. The van der Waals surface area contributed by atoms with Crippen molar-refractivity contribution in [1.29, 1.82) is 10.5 Å². The van der Waals surface area contributed by atoms with Crippen molar-refractivity contribution >= 4 is 21.7 Å². The van der Waals surface area contributed by atoms with Crippen LogP contribution in [0, 0.1) is 40.3 Å². The predicted molar refractivity (Wildman–Crippen MR) is 145 cm³/mol. The monoisotopic (exact) mass is 565 g/mol. The number of hydrogen-bond acceptors (Lipinski definition) is 7. The first-order valence-corrected chi connectivity index (χ1v) is 15.1. The van der Waals surface area contributed by atoms with Crippen LogP contribution in [0.3, 0.4) is 0 Å². The number of likely N-dealkylation sites (tertiary alicyclic amines) is 1. The van der Waals surface area contributed by atoms with Gasteiger partial charge in [-0.25, -0.2) is 17.6 Å². The van der Waals surface area contributed by atoms with Crippen LogP contribution in [0.1, 0.15) is 57.6 Å². The first-order valence-electron chi connectivity index (χ1n) is 13.2. The van der Waals surface area contributed by atoms with Gasteiger partial charge in [-0.05, 0) is 87.3 Å². The third-order valence-electron chi connectivity index (χ3n) is 7.50. The molecule has 0 N–H and O–H groups in total. The van der Waals surface area contributed by atoms with Crippen molar-refractivity contribution in [2.24, 2.45) is 11.8 Å². The van der Waals surface area contributed by atoms with Gasteiger partial charge in [-0.1, -0.05) is 18.2 Å². The minimum atomic E-state index is -3.67. The molecule has 40 heavy (non-hydrogen) atoms. The van der Waals surface area contributed by atoms with Crippen molar-refractivity contribution in [3.8, 4) is 23.3 Å². The summed E-state index contributed by atoms with van der Waals surface area (Å²) in [4.78, 5) is 27.7. The Labute approximate surface area is 234 Å². The number of hydrogen-bond donors (Lipinski definition) is 0. The average Bonchev–Trinajstić information content (AvgIpc) is 3.49. The Morgan fingerprint density at radius 2 is 1.80 bits per heavy atom. The number of amides is 1. The molecule has 1 aliphatic carbocycles. The number of rotatable bonds is 7. The first-order chi connectivity index (χ1) is 18.7. The number of ether oxygens (including phenoxy) is 1. The molecule has 1 amide bonds. The highest BCUT2D eigenvalue weighted by Crippen LogP contribution is 2.44. The van der Waals surface area contributed by atoms with Crippen molar-refractivity contribution in [3.63, 3.8) is 0 Å². The molecule has 1 saturated carbocycles. The van der Waals surface area contributed by atoms with Crippen molar-refractivity contribution in [1.82, 2.24) is 4.90 Å². The molecule has 1 heterocycles. The van der Waals surface area contributed by atoms with Gasteiger partial charge >= 0.3 is 6.09 Å². The summed E-state index contributed by atoms with van der Waals surface area (Å²) < 4.78 is 44.9. The minimum Gasteiger partial charge on any atom is -0.444 e. The molecule has 2 aromatic carbocycles. The Kier molecular flexibility index (Phi) is 8.05. The second-order valence-electron chi connectivity index (χ2n) is 11.7. The lowest BCUT2D eigenvalue weighted by Gasteiger charge is -2.35. The number of halogens is 1. The summed E-state index contributed by atoms with van der Waals surface area (Å²) in [6.45, 7) is 5.31. The molecule has 1 aliphatic heterocycles. The summed E-state index contributed by atoms with van der Waals surface area (Å²) in [6.07, 6.45) is 2.77. The van der Waals surface area contributed by atoms with E-state index >= 15 is 4.39 Å². The van der Waals surface area contributed by atoms with E-state index in [4.69, 9.17) is 4.74 Å². The fourth-order valence-corrected chi connectivity index (χ4v) is 6.62. The third-order valence-corrected chi connectivity index (χ3v) is 8.64. The van der Waals surface area contributed by atoms with Crippen molar-refractivity contribution in [2.75, 3.05) is 6.26 Å². The van der Waals surface area contributed by atoms with Gasteiger partial charge in [-0.3, -0.25) is 9.69 Å². The summed E-state index contributed by atoms with van der Waals surface area (Å²) in [5, 5.41) is 19.0. The highest BCUT2D eigenvalue weighted by atomic mass is 32.2. The van der Waals surface area contributed by atoms with E-state index < -0.39 is 39.3 Å². The third kappa shape index (κ3) is 6.18. The second-order valence-corrected chi connectivity index (χ2v) is 13.6. The van der Waals surface area contributed by atoms with Crippen LogP contribution in [0.4, 0.5) is 9.18 Å². The number of carbonyl (C=O) groups excluding carboxylic acids is 2. The minimum absolute atomic E-state index is 0.00354. The number of Topliss-reactive ketones (excluding diaryl/α,β-unsaturated/α-hetero) is 1. The Hall–Kier alpha value is -3.76. The average molecular weight is 566 g/mol. The van der Waals surface area contributed by atoms with Crippen molar-refractivity contribution in [2.45, 2.75) is 75.5 Å². The van der Waals surface area contributed by atoms with E-state index in [1.54, 1.807) is 37.8 Å². The smallest absolute Gasteiger partial charge is 0.411 e. The molecule has 4 rings (SSSR count). The molecule has 8 nitrogen and oxygen atoms in total. The van der Waals surface area contributed by atoms with Gasteiger partial charge in [-0.2, -0.15) is 10.5 Å². The van der Waals surface area contributed by atoms with Crippen LogP contribution in [0.15, 0.2) is 41.3 Å². The van der Waals surface area contributed by atoms with Crippen LogP contribution < -0.4 is 0 Å². The van der Waals surface area contributed by atoms with E-state index in [1.807, 2.05) is 6.07 Å². The van der Waals surface area contributed by atoms with Crippen LogP contribution in [0.2, 0.25) is 0 Å². The van der Waals surface area contributed by atoms with Gasteiger partial charge in [0, 0.05) is 18.7 Å². The van der Waals surface area contributed by atoms with Gasteiger partial charge in [0.05, 0.1) is 28.5 Å². The Morgan fingerprint density at radius 1 is 1.12 bits per heavy atom. The zero-order valence-electron chi connectivity index (χ0n) is 23.0. The van der Waals surface area contributed by atoms with Crippen molar-refractivity contribution < 1.29 is 27.1 Å². The molecule has 1 saturated heterocycles. The molecule has 2 aliphatic rings. The van der Waals surface area contributed by atoms with Crippen LogP contribution in [-0.4, -0.2) is 49.1 Å². The maximum absolute atomic E-state index is 15.2. The number of fused-ring (bicyclic) bond motifs is 2. The largest absolute Gasteiger partial charge is 0.444 e. The number of benzene rings is 2. The number of piperidine rings is 1. The number of sulfone groups is 1. The quantitative estimate of drug-likeness (QED) is 0.451. The van der Waals surface area contributed by atoms with Crippen LogP contribution in [-0.2, 0) is 25.8 Å². The normalized spacial score (nSPS) is 21.0. The van der Waals surface area contributed by atoms with Gasteiger partial charge in [-0.15, -0.1) is 0 Å². The summed E-state index contributed by atoms with van der Waals surface area (Å²) >= 11 is 0. The molecule has 2 aromatic rings. The lowest BCUT2D eigenvalue weighted by Crippen LogP contribution is -2.51. The number of nitrogens with zero attached hydrogens (tertiary/aromatic N) is 3. The Morgan fingerprint density at radius 3 is 2.40 bits per heavy atom. The zero-order chi connectivity index (χ0) is 29.4. The van der Waals surface area contributed by atoms with E-state index in [1.165, 1.54) is 24.3 Å². The lowest BCUT2D eigenvalue weighted by atomic mass is 9.87. The molecule has 210 valence electrons. The predicted octanol–water partition coefficient (Wildman–Crippen LogP) is 5.20. The van der Waals surface area contributed by atoms with E-state index in [-0.39, 0.29) is 46.6 Å². The Bertz CT molecular complexity index is 1530. The lowest BCUT2D eigenvalue weighted by molar-refractivity contribution is -0.126. The van der Waals surface area contributed by atoms with E-state index in [0.717, 1.165) is 25.5 Å². The van der Waals surface area contributed by atoms with Gasteiger partial charge in [0.2, 0.25) is 0 Å². The molecule has 0 aromatic heterocycles. The number of nitriles is 2. The summed E-state index contributed by atoms with van der Waals surface area (Å²) in [7, 11) is -3.67. The SMILES string of the molecule is CC(C)(C)OC(=O)N1[C@H]2CC[C@H](C2)[C@H]1C(=O)C[C@H](C#N)Cc1ccc(-c2ccc(C#N)c(S(C)(=O)=O)c2)cc1F. The fourth-order valence-electron chi connectivity index (χ4n) is 5.77. The van der Waals surface area contributed by atoms with Crippen LogP contribution in [0.5, 0.6) is 0 Å². The highest BCUT2D eigenvalue weighted by molar-refractivity contribution is 7.90. The molecule has 0 unspecified atom stereocenters. The topological polar surface area (TPSA) is 128 Å². The van der Waals surface area contributed by atoms with Gasteiger partial charge in [0.1, 0.15) is 17.5 Å². The summed E-state index contributed by atoms with van der Waals surface area (Å²) in [5.74, 6) is -1.57. The van der Waals surface area contributed by atoms with Gasteiger partial charge in [0.25, 0.3) is 0 Å². The van der Waals surface area contributed by atoms with E-state index in [0.29, 0.717) is 11.1 Å². The number of ketones is 1. The standard InChI is InChI=1S/C30H32FN3O5S/c1-30(2,3)39-29(36)34-24-10-9-22(13-24)28(34)26(35)12-18(16-32)11-21-7-5-19(14-25(21)31)20-6-8-23(17-33)27(15-20)40(4,37)38/h5-8,14-15,18,22,24,28H,9-13H2,1-4H3/t18-,22-,24+,28+/m1/s1.